The van der Waals surface area contributed by atoms with E-state index in [-0.39, 0.29) is 23.2 Å². The molecule has 0 aliphatic carbocycles. The molecule has 7 heteroatoms. The summed E-state index contributed by atoms with van der Waals surface area (Å²) in [5.41, 5.74) is 0.185. The monoisotopic (exact) mass is 330 g/mol. The lowest BCUT2D eigenvalue weighted by atomic mass is 9.95. The maximum atomic E-state index is 13.0. The number of aromatic nitrogens is 2. The van der Waals surface area contributed by atoms with Gasteiger partial charge in [0.15, 0.2) is 0 Å². The Labute approximate surface area is 138 Å². The largest absolute Gasteiger partial charge is 0.348 e. The van der Waals surface area contributed by atoms with E-state index in [1.54, 1.807) is 0 Å². The molecule has 0 saturated carbocycles. The Balaban J connectivity index is 1.83. The van der Waals surface area contributed by atoms with Crippen LogP contribution in [0.3, 0.4) is 0 Å². The zero-order valence-electron chi connectivity index (χ0n) is 13.3. The molecule has 1 aliphatic heterocycles. The Morgan fingerprint density at radius 2 is 2.04 bits per heavy atom. The molecule has 1 saturated heterocycles. The number of halogens is 1. The maximum Gasteiger partial charge on any atom is 0.271 e. The zero-order valence-corrected chi connectivity index (χ0v) is 13.3. The highest BCUT2D eigenvalue weighted by molar-refractivity contribution is 5.92. The minimum atomic E-state index is -0.402. The Morgan fingerprint density at radius 1 is 1.29 bits per heavy atom. The van der Waals surface area contributed by atoms with Crippen molar-refractivity contribution in [3.05, 3.63) is 58.3 Å². The van der Waals surface area contributed by atoms with E-state index in [9.17, 15) is 14.0 Å². The second kappa shape index (κ2) is 6.92. The molecule has 2 atom stereocenters. The summed E-state index contributed by atoms with van der Waals surface area (Å²) >= 11 is 0. The highest BCUT2D eigenvalue weighted by Gasteiger charge is 2.23. The van der Waals surface area contributed by atoms with Crippen LogP contribution in [0.5, 0.6) is 0 Å². The Bertz CT molecular complexity index is 788. The molecule has 0 bridgehead atoms. The van der Waals surface area contributed by atoms with Crippen LogP contribution in [0.4, 0.5) is 4.39 Å². The third-order valence-corrected chi connectivity index (χ3v) is 4.21. The number of carbonyl (C=O) groups excluding carboxylic acids is 1. The van der Waals surface area contributed by atoms with E-state index in [1.165, 1.54) is 36.4 Å². The molecule has 1 aromatic carbocycles. The van der Waals surface area contributed by atoms with Gasteiger partial charge in [0, 0.05) is 12.1 Å². The maximum absolute atomic E-state index is 13.0. The van der Waals surface area contributed by atoms with E-state index >= 15 is 0 Å². The molecule has 1 aliphatic rings. The number of piperidine rings is 1. The van der Waals surface area contributed by atoms with Gasteiger partial charge >= 0.3 is 0 Å². The summed E-state index contributed by atoms with van der Waals surface area (Å²) in [4.78, 5) is 24.4. The molecule has 24 heavy (non-hydrogen) atoms. The van der Waals surface area contributed by atoms with Gasteiger partial charge in [-0.1, -0.05) is 6.92 Å². The molecule has 2 N–H and O–H groups in total. The number of benzene rings is 1. The van der Waals surface area contributed by atoms with Gasteiger partial charge in [0.05, 0.1) is 5.69 Å². The van der Waals surface area contributed by atoms with Gasteiger partial charge in [-0.15, -0.1) is 0 Å². The van der Waals surface area contributed by atoms with Gasteiger partial charge in [0.2, 0.25) is 0 Å². The Morgan fingerprint density at radius 3 is 2.75 bits per heavy atom. The summed E-state index contributed by atoms with van der Waals surface area (Å²) in [7, 11) is 0. The van der Waals surface area contributed by atoms with Gasteiger partial charge in [0.25, 0.3) is 11.5 Å². The first-order valence-corrected chi connectivity index (χ1v) is 7.92. The number of hydrogen-bond donors (Lipinski definition) is 2. The Hall–Kier alpha value is -2.54. The number of rotatable bonds is 3. The molecule has 2 aromatic rings. The number of amides is 1. The topological polar surface area (TPSA) is 76.0 Å². The lowest BCUT2D eigenvalue weighted by Crippen LogP contribution is -2.48. The fourth-order valence-corrected chi connectivity index (χ4v) is 2.77. The smallest absolute Gasteiger partial charge is 0.271 e. The van der Waals surface area contributed by atoms with Crippen molar-refractivity contribution in [3.63, 3.8) is 0 Å². The quantitative estimate of drug-likeness (QED) is 0.884. The van der Waals surface area contributed by atoms with Crippen molar-refractivity contribution in [2.45, 2.75) is 19.4 Å². The molecule has 0 radical (unpaired) electrons. The number of nitrogens with zero attached hydrogens (tertiary/aromatic N) is 2. The summed E-state index contributed by atoms with van der Waals surface area (Å²) in [6, 6.07) is 8.15. The number of nitrogens with one attached hydrogen (secondary N) is 2. The molecule has 2 unspecified atom stereocenters. The molecule has 1 amide bonds. The molecule has 1 fully saturated rings. The molecule has 1 aromatic heterocycles. The Kier molecular flexibility index (Phi) is 4.71. The van der Waals surface area contributed by atoms with Crippen LogP contribution in [0.1, 0.15) is 23.8 Å². The van der Waals surface area contributed by atoms with E-state index in [4.69, 9.17) is 0 Å². The summed E-state index contributed by atoms with van der Waals surface area (Å²) in [6.45, 7) is 3.79. The first kappa shape index (κ1) is 16.3. The average molecular weight is 330 g/mol. The predicted octanol–water partition coefficient (Wildman–Crippen LogP) is 1.10. The fourth-order valence-electron chi connectivity index (χ4n) is 2.77. The van der Waals surface area contributed by atoms with Crippen molar-refractivity contribution in [3.8, 4) is 5.69 Å². The lowest BCUT2D eigenvalue weighted by molar-refractivity contribution is 0.0907. The fraction of sp³-hybridized carbons (Fsp3) is 0.353. The van der Waals surface area contributed by atoms with Crippen molar-refractivity contribution in [2.24, 2.45) is 5.92 Å². The van der Waals surface area contributed by atoms with Crippen molar-refractivity contribution in [1.82, 2.24) is 20.4 Å². The summed E-state index contributed by atoms with van der Waals surface area (Å²) in [5.74, 6) is -0.393. The highest BCUT2D eigenvalue weighted by atomic mass is 19.1. The molecule has 6 nitrogen and oxygen atoms in total. The zero-order chi connectivity index (χ0) is 17.1. The van der Waals surface area contributed by atoms with Crippen LogP contribution in [0.25, 0.3) is 5.69 Å². The van der Waals surface area contributed by atoms with Crippen LogP contribution in [0, 0.1) is 11.7 Å². The summed E-state index contributed by atoms with van der Waals surface area (Å²) < 4.78 is 14.1. The van der Waals surface area contributed by atoms with Gasteiger partial charge in [-0.3, -0.25) is 9.59 Å². The number of hydrogen-bond acceptors (Lipinski definition) is 4. The van der Waals surface area contributed by atoms with E-state index in [2.05, 4.69) is 22.7 Å². The van der Waals surface area contributed by atoms with Gasteiger partial charge in [-0.05, 0) is 55.8 Å². The van der Waals surface area contributed by atoms with Gasteiger partial charge < -0.3 is 10.6 Å². The molecular formula is C17H19FN4O2. The average Bonchev–Trinajstić information content (AvgIpc) is 2.58. The molecule has 2 heterocycles. The molecular weight excluding hydrogens is 311 g/mol. The van der Waals surface area contributed by atoms with Crippen molar-refractivity contribution in [2.75, 3.05) is 13.1 Å². The lowest BCUT2D eigenvalue weighted by Gasteiger charge is -2.30. The summed E-state index contributed by atoms with van der Waals surface area (Å²) in [5, 5.41) is 10.4. The standard InChI is InChI=1S/C17H19FN4O2/c1-11-10-19-9-8-14(11)20-17(24)15-6-7-16(23)22(21-15)13-4-2-12(18)3-5-13/h2-7,11,14,19H,8-10H2,1H3,(H,20,24). The van der Waals surface area contributed by atoms with E-state index in [0.717, 1.165) is 24.2 Å². The second-order valence-corrected chi connectivity index (χ2v) is 6.00. The molecule has 3 rings (SSSR count). The minimum Gasteiger partial charge on any atom is -0.348 e. The van der Waals surface area contributed by atoms with Crippen LogP contribution >= 0.6 is 0 Å². The first-order valence-electron chi connectivity index (χ1n) is 7.92. The van der Waals surface area contributed by atoms with Crippen molar-refractivity contribution in [1.29, 1.82) is 0 Å². The van der Waals surface area contributed by atoms with E-state index in [0.29, 0.717) is 11.6 Å². The van der Waals surface area contributed by atoms with E-state index < -0.39 is 5.82 Å². The SMILES string of the molecule is CC1CNCCC1NC(=O)c1ccc(=O)n(-c2ccc(F)cc2)n1. The van der Waals surface area contributed by atoms with Gasteiger partial charge in [0.1, 0.15) is 11.5 Å². The normalized spacial score (nSPS) is 20.6. The summed E-state index contributed by atoms with van der Waals surface area (Å²) in [6.07, 6.45) is 0.852. The van der Waals surface area contributed by atoms with Crippen molar-refractivity contribution < 1.29 is 9.18 Å². The highest BCUT2D eigenvalue weighted by Crippen LogP contribution is 2.11. The van der Waals surface area contributed by atoms with Crippen LogP contribution < -0.4 is 16.2 Å². The first-order chi connectivity index (χ1) is 11.5. The van der Waals surface area contributed by atoms with Crippen LogP contribution in [-0.4, -0.2) is 34.8 Å². The van der Waals surface area contributed by atoms with Crippen LogP contribution in [0.2, 0.25) is 0 Å². The molecule has 126 valence electrons. The van der Waals surface area contributed by atoms with Gasteiger partial charge in [-0.25, -0.2) is 4.39 Å². The van der Waals surface area contributed by atoms with Crippen molar-refractivity contribution >= 4 is 5.91 Å². The van der Waals surface area contributed by atoms with E-state index in [1.807, 2.05) is 0 Å². The minimum absolute atomic E-state index is 0.0757. The van der Waals surface area contributed by atoms with Crippen LogP contribution in [0.15, 0.2) is 41.2 Å². The third-order valence-electron chi connectivity index (χ3n) is 4.21. The molecule has 0 spiro atoms. The second-order valence-electron chi connectivity index (χ2n) is 6.00. The predicted molar refractivity (Wildman–Crippen MR) is 87.7 cm³/mol. The third kappa shape index (κ3) is 3.51. The van der Waals surface area contributed by atoms with Gasteiger partial charge in [-0.2, -0.15) is 9.78 Å². The van der Waals surface area contributed by atoms with Crippen LogP contribution in [-0.2, 0) is 0 Å². The number of carbonyl (C=O) groups is 1.